The van der Waals surface area contributed by atoms with Crippen LogP contribution in [0.25, 0.3) is 0 Å². The molecular formula is C13H15BrClN3O2. The first kappa shape index (κ1) is 15.1. The van der Waals surface area contributed by atoms with E-state index in [0.717, 1.165) is 4.47 Å². The molecule has 1 aromatic carbocycles. The molecule has 1 amide bonds. The van der Waals surface area contributed by atoms with Crippen molar-refractivity contribution in [2.75, 3.05) is 13.1 Å². The Bertz CT molecular complexity index is 522. The van der Waals surface area contributed by atoms with E-state index in [1.165, 1.54) is 0 Å². The lowest BCUT2D eigenvalue weighted by molar-refractivity contribution is 0.0709. The van der Waals surface area contributed by atoms with Crippen LogP contribution in [-0.4, -0.2) is 34.9 Å². The fourth-order valence-corrected chi connectivity index (χ4v) is 3.18. The van der Waals surface area contributed by atoms with Crippen molar-refractivity contribution in [3.63, 3.8) is 0 Å². The highest BCUT2D eigenvalue weighted by atomic mass is 79.9. The monoisotopic (exact) mass is 359 g/mol. The molecule has 0 spiro atoms. The maximum Gasteiger partial charge on any atom is 0.253 e. The first-order valence-electron chi connectivity index (χ1n) is 6.24. The average molecular weight is 361 g/mol. The van der Waals surface area contributed by atoms with Gasteiger partial charge in [0, 0.05) is 34.1 Å². The fraction of sp³-hybridized carbons (Fsp3) is 0.385. The Balaban J connectivity index is 2.05. The quantitative estimate of drug-likeness (QED) is 0.368. The van der Waals surface area contributed by atoms with Crippen LogP contribution in [0.3, 0.4) is 0 Å². The van der Waals surface area contributed by atoms with E-state index in [1.807, 2.05) is 0 Å². The van der Waals surface area contributed by atoms with Gasteiger partial charge >= 0.3 is 0 Å². The molecule has 1 heterocycles. The van der Waals surface area contributed by atoms with Crippen LogP contribution < -0.4 is 5.73 Å². The lowest BCUT2D eigenvalue weighted by Crippen LogP contribution is -2.41. The third-order valence-electron chi connectivity index (χ3n) is 3.43. The van der Waals surface area contributed by atoms with Crippen LogP contribution >= 0.6 is 27.5 Å². The second-order valence-electron chi connectivity index (χ2n) is 4.75. The number of oxime groups is 1. The van der Waals surface area contributed by atoms with Gasteiger partial charge in [-0.25, -0.2) is 0 Å². The Morgan fingerprint density at radius 1 is 1.40 bits per heavy atom. The number of carbonyl (C=O) groups excluding carboxylic acids is 1. The minimum atomic E-state index is -0.0499. The number of amides is 1. The third kappa shape index (κ3) is 3.43. The number of hydrogen-bond donors (Lipinski definition) is 2. The molecule has 5 nitrogen and oxygen atoms in total. The highest BCUT2D eigenvalue weighted by Crippen LogP contribution is 2.23. The molecule has 7 heteroatoms. The third-order valence-corrected chi connectivity index (χ3v) is 4.10. The zero-order valence-corrected chi connectivity index (χ0v) is 13.1. The molecule has 0 saturated carbocycles. The maximum absolute atomic E-state index is 12.4. The number of hydrogen-bond acceptors (Lipinski definition) is 3. The molecule has 1 aliphatic heterocycles. The molecule has 2 rings (SSSR count). The van der Waals surface area contributed by atoms with Crippen molar-refractivity contribution < 1.29 is 10.0 Å². The standard InChI is InChI=1S/C13H15BrClN3O2/c14-10-5-9(6-11(15)7-10)13(19)18-3-1-8(2-4-18)12(16)17-20/h5-8,20H,1-4H2,(H2,16,17). The van der Waals surface area contributed by atoms with E-state index in [4.69, 9.17) is 22.5 Å². The van der Waals surface area contributed by atoms with E-state index in [2.05, 4.69) is 21.1 Å². The highest BCUT2D eigenvalue weighted by molar-refractivity contribution is 9.10. The normalized spacial score (nSPS) is 17.3. The molecule has 0 bridgehead atoms. The lowest BCUT2D eigenvalue weighted by Gasteiger charge is -2.31. The number of nitrogens with two attached hydrogens (primary N) is 1. The van der Waals surface area contributed by atoms with Crippen molar-refractivity contribution in [3.8, 4) is 0 Å². The first-order valence-corrected chi connectivity index (χ1v) is 7.41. The van der Waals surface area contributed by atoms with Gasteiger partial charge in [0.05, 0.1) is 0 Å². The van der Waals surface area contributed by atoms with E-state index in [1.54, 1.807) is 23.1 Å². The van der Waals surface area contributed by atoms with Gasteiger partial charge in [0.25, 0.3) is 5.91 Å². The zero-order valence-electron chi connectivity index (χ0n) is 10.7. The Labute approximate surface area is 130 Å². The molecule has 0 aromatic heterocycles. The van der Waals surface area contributed by atoms with Crippen LogP contribution in [-0.2, 0) is 0 Å². The van der Waals surface area contributed by atoms with Crippen molar-refractivity contribution in [3.05, 3.63) is 33.3 Å². The summed E-state index contributed by atoms with van der Waals surface area (Å²) in [6.07, 6.45) is 1.40. The maximum atomic E-state index is 12.4. The summed E-state index contributed by atoms with van der Waals surface area (Å²) in [5.74, 6) is 0.226. The molecule has 108 valence electrons. The number of rotatable bonds is 2. The molecule has 1 aliphatic rings. The Morgan fingerprint density at radius 2 is 2.05 bits per heavy atom. The van der Waals surface area contributed by atoms with Crippen LogP contribution in [0.1, 0.15) is 23.2 Å². The van der Waals surface area contributed by atoms with E-state index in [-0.39, 0.29) is 17.7 Å². The summed E-state index contributed by atoms with van der Waals surface area (Å²) in [7, 11) is 0. The molecule has 1 saturated heterocycles. The van der Waals surface area contributed by atoms with Crippen LogP contribution in [0.2, 0.25) is 5.02 Å². The molecule has 20 heavy (non-hydrogen) atoms. The number of likely N-dealkylation sites (tertiary alicyclic amines) is 1. The minimum absolute atomic E-state index is 0.0372. The lowest BCUT2D eigenvalue weighted by atomic mass is 9.95. The second-order valence-corrected chi connectivity index (χ2v) is 6.10. The summed E-state index contributed by atoms with van der Waals surface area (Å²) >= 11 is 9.28. The Morgan fingerprint density at radius 3 is 2.60 bits per heavy atom. The summed E-state index contributed by atoms with van der Waals surface area (Å²) in [5.41, 5.74) is 6.15. The Hall–Kier alpha value is -1.27. The number of amidine groups is 1. The van der Waals surface area contributed by atoms with Crippen LogP contribution in [0.5, 0.6) is 0 Å². The minimum Gasteiger partial charge on any atom is -0.409 e. The van der Waals surface area contributed by atoms with Crippen molar-refractivity contribution in [1.82, 2.24) is 4.90 Å². The molecule has 0 unspecified atom stereocenters. The molecule has 0 atom stereocenters. The summed E-state index contributed by atoms with van der Waals surface area (Å²) in [4.78, 5) is 14.1. The second kappa shape index (κ2) is 6.45. The molecule has 0 radical (unpaired) electrons. The molecule has 0 aliphatic carbocycles. The van der Waals surface area contributed by atoms with Crippen LogP contribution in [0.15, 0.2) is 27.8 Å². The van der Waals surface area contributed by atoms with Gasteiger partial charge in [-0.3, -0.25) is 4.79 Å². The van der Waals surface area contributed by atoms with Crippen molar-refractivity contribution in [2.45, 2.75) is 12.8 Å². The number of benzene rings is 1. The van der Waals surface area contributed by atoms with Gasteiger partial charge in [-0.1, -0.05) is 32.7 Å². The van der Waals surface area contributed by atoms with E-state index in [0.29, 0.717) is 36.5 Å². The molecule has 1 fully saturated rings. The van der Waals surface area contributed by atoms with E-state index in [9.17, 15) is 4.79 Å². The van der Waals surface area contributed by atoms with Gasteiger partial charge in [0.1, 0.15) is 5.84 Å². The van der Waals surface area contributed by atoms with Gasteiger partial charge in [-0.05, 0) is 31.0 Å². The number of nitrogens with zero attached hydrogens (tertiary/aromatic N) is 2. The van der Waals surface area contributed by atoms with Crippen LogP contribution in [0, 0.1) is 5.92 Å². The van der Waals surface area contributed by atoms with Crippen molar-refractivity contribution in [2.24, 2.45) is 16.8 Å². The Kier molecular flexibility index (Phi) is 4.88. The van der Waals surface area contributed by atoms with E-state index < -0.39 is 0 Å². The van der Waals surface area contributed by atoms with Gasteiger partial charge < -0.3 is 15.8 Å². The zero-order chi connectivity index (χ0) is 14.7. The summed E-state index contributed by atoms with van der Waals surface area (Å²) < 4.78 is 0.778. The summed E-state index contributed by atoms with van der Waals surface area (Å²) in [6, 6.07) is 5.15. The average Bonchev–Trinajstić information content (AvgIpc) is 2.45. The predicted octanol–water partition coefficient (Wildman–Crippen LogP) is 2.70. The smallest absolute Gasteiger partial charge is 0.253 e. The number of halogens is 2. The predicted molar refractivity (Wildman–Crippen MR) is 81.2 cm³/mol. The van der Waals surface area contributed by atoms with Gasteiger partial charge in [0.2, 0.25) is 0 Å². The fourth-order valence-electron chi connectivity index (χ4n) is 2.32. The summed E-state index contributed by atoms with van der Waals surface area (Å²) in [5, 5.41) is 12.2. The molecular weight excluding hydrogens is 346 g/mol. The molecule has 3 N–H and O–H groups in total. The van der Waals surface area contributed by atoms with Crippen molar-refractivity contribution in [1.29, 1.82) is 0 Å². The number of piperidine rings is 1. The van der Waals surface area contributed by atoms with Gasteiger partial charge in [-0.2, -0.15) is 0 Å². The first-order chi connectivity index (χ1) is 9.51. The number of carbonyl (C=O) groups is 1. The van der Waals surface area contributed by atoms with E-state index >= 15 is 0 Å². The largest absolute Gasteiger partial charge is 0.409 e. The van der Waals surface area contributed by atoms with Gasteiger partial charge in [-0.15, -0.1) is 0 Å². The summed E-state index contributed by atoms with van der Waals surface area (Å²) in [6.45, 7) is 1.17. The van der Waals surface area contributed by atoms with Crippen LogP contribution in [0.4, 0.5) is 0 Å². The molecule has 1 aromatic rings. The topological polar surface area (TPSA) is 78.9 Å². The van der Waals surface area contributed by atoms with Crippen molar-refractivity contribution >= 4 is 39.3 Å². The van der Waals surface area contributed by atoms with Gasteiger partial charge in [0.15, 0.2) is 0 Å². The highest BCUT2D eigenvalue weighted by Gasteiger charge is 2.26. The SMILES string of the molecule is N/C(=N/O)C1CCN(C(=O)c2cc(Cl)cc(Br)c2)CC1.